The highest BCUT2D eigenvalue weighted by atomic mass is 16.5. The van der Waals surface area contributed by atoms with E-state index in [1.807, 2.05) is 6.20 Å². The summed E-state index contributed by atoms with van der Waals surface area (Å²) >= 11 is 0. The van der Waals surface area contributed by atoms with Gasteiger partial charge < -0.3 is 15.0 Å². The second kappa shape index (κ2) is 3.15. The Morgan fingerprint density at radius 3 is 3.25 bits per heavy atom. The fourth-order valence-corrected chi connectivity index (χ4v) is 1.44. The number of nitrogens with one attached hydrogen (secondary N) is 2. The Balaban J connectivity index is 1.95. The first kappa shape index (κ1) is 7.61. The molecule has 4 heteroatoms. The van der Waals surface area contributed by atoms with Crippen molar-refractivity contribution in [2.45, 2.75) is 25.5 Å². The number of nitrogens with zero attached hydrogens (tertiary/aromatic N) is 1. The van der Waals surface area contributed by atoms with E-state index in [1.54, 1.807) is 6.20 Å². The van der Waals surface area contributed by atoms with Crippen LogP contribution in [0, 0.1) is 0 Å². The second-order valence-electron chi connectivity index (χ2n) is 3.05. The van der Waals surface area contributed by atoms with E-state index in [1.165, 1.54) is 0 Å². The molecule has 0 aliphatic carbocycles. The van der Waals surface area contributed by atoms with Crippen molar-refractivity contribution in [1.29, 1.82) is 0 Å². The lowest BCUT2D eigenvalue weighted by atomic mass is 10.2. The van der Waals surface area contributed by atoms with Gasteiger partial charge in [-0.2, -0.15) is 0 Å². The predicted molar refractivity (Wildman–Crippen MR) is 46.0 cm³/mol. The summed E-state index contributed by atoms with van der Waals surface area (Å²) in [5, 5.41) is 3.28. The highest BCUT2D eigenvalue weighted by Crippen LogP contribution is 2.15. The Hall–Kier alpha value is -1.03. The molecule has 2 rings (SSSR count). The average Bonchev–Trinajstić information content (AvgIpc) is 2.65. The summed E-state index contributed by atoms with van der Waals surface area (Å²) in [7, 11) is 0. The van der Waals surface area contributed by atoms with Crippen molar-refractivity contribution in [3.8, 4) is 0 Å². The van der Waals surface area contributed by atoms with Crippen molar-refractivity contribution in [1.82, 2.24) is 9.97 Å². The Labute approximate surface area is 71.3 Å². The third-order valence-corrected chi connectivity index (χ3v) is 2.20. The topological polar surface area (TPSA) is 49.9 Å². The van der Waals surface area contributed by atoms with Crippen LogP contribution in [-0.2, 0) is 4.74 Å². The van der Waals surface area contributed by atoms with Gasteiger partial charge in [-0.15, -0.1) is 0 Å². The molecule has 1 saturated heterocycles. The molecule has 2 atom stereocenters. The van der Waals surface area contributed by atoms with Crippen molar-refractivity contribution < 1.29 is 4.74 Å². The zero-order valence-corrected chi connectivity index (χ0v) is 7.08. The molecule has 1 fully saturated rings. The van der Waals surface area contributed by atoms with E-state index in [0.717, 1.165) is 19.0 Å². The lowest BCUT2D eigenvalue weighted by Crippen LogP contribution is -2.27. The molecule has 0 radical (unpaired) electrons. The van der Waals surface area contributed by atoms with E-state index in [0.29, 0.717) is 6.04 Å². The molecule has 1 aromatic rings. The third kappa shape index (κ3) is 1.43. The Morgan fingerprint density at radius 1 is 1.75 bits per heavy atom. The summed E-state index contributed by atoms with van der Waals surface area (Å²) in [4.78, 5) is 7.10. The number of aromatic nitrogens is 2. The quantitative estimate of drug-likeness (QED) is 0.690. The molecule has 1 aliphatic rings. The predicted octanol–water partition coefficient (Wildman–Crippen LogP) is 0.999. The van der Waals surface area contributed by atoms with Crippen LogP contribution in [0.3, 0.4) is 0 Å². The summed E-state index contributed by atoms with van der Waals surface area (Å²) < 4.78 is 5.41. The lowest BCUT2D eigenvalue weighted by Gasteiger charge is -2.14. The van der Waals surface area contributed by atoms with Gasteiger partial charge in [0.15, 0.2) is 5.95 Å². The van der Waals surface area contributed by atoms with Gasteiger partial charge in [-0.3, -0.25) is 0 Å². The zero-order valence-electron chi connectivity index (χ0n) is 7.08. The van der Waals surface area contributed by atoms with E-state index in [2.05, 4.69) is 22.2 Å². The minimum atomic E-state index is 0.287. The number of H-pyrrole nitrogens is 1. The number of hydrogen-bond acceptors (Lipinski definition) is 3. The van der Waals surface area contributed by atoms with Gasteiger partial charge >= 0.3 is 0 Å². The summed E-state index contributed by atoms with van der Waals surface area (Å²) in [6.07, 6.45) is 4.89. The first-order valence-electron chi connectivity index (χ1n) is 4.24. The van der Waals surface area contributed by atoms with Gasteiger partial charge in [0.1, 0.15) is 0 Å². The van der Waals surface area contributed by atoms with Crippen molar-refractivity contribution in [3.05, 3.63) is 12.4 Å². The average molecular weight is 167 g/mol. The molecule has 66 valence electrons. The molecule has 2 N–H and O–H groups in total. The largest absolute Gasteiger partial charge is 0.376 e. The van der Waals surface area contributed by atoms with Crippen molar-refractivity contribution >= 4 is 5.95 Å². The highest BCUT2D eigenvalue weighted by Gasteiger charge is 2.24. The molecule has 12 heavy (non-hydrogen) atoms. The second-order valence-corrected chi connectivity index (χ2v) is 3.05. The summed E-state index contributed by atoms with van der Waals surface area (Å²) in [5.74, 6) is 0.831. The molecule has 4 nitrogen and oxygen atoms in total. The number of imidazole rings is 1. The van der Waals surface area contributed by atoms with E-state index < -0.39 is 0 Å². The van der Waals surface area contributed by atoms with E-state index >= 15 is 0 Å². The van der Waals surface area contributed by atoms with Crippen LogP contribution in [0.25, 0.3) is 0 Å². The van der Waals surface area contributed by atoms with E-state index in [9.17, 15) is 0 Å². The van der Waals surface area contributed by atoms with Gasteiger partial charge in [-0.25, -0.2) is 4.98 Å². The van der Waals surface area contributed by atoms with Crippen LogP contribution < -0.4 is 5.32 Å². The fraction of sp³-hybridized carbons (Fsp3) is 0.625. The minimum absolute atomic E-state index is 0.287. The first-order valence-corrected chi connectivity index (χ1v) is 4.24. The maximum atomic E-state index is 5.41. The molecule has 2 heterocycles. The number of hydrogen-bond donors (Lipinski definition) is 2. The van der Waals surface area contributed by atoms with Gasteiger partial charge in [-0.1, -0.05) is 0 Å². The standard InChI is InChI=1S/C8H13N3O/c1-6-7(2-5-12-6)11-8-9-3-4-10-8/h3-4,6-7H,2,5H2,1H3,(H2,9,10,11). The summed E-state index contributed by atoms with van der Waals surface area (Å²) in [5.41, 5.74) is 0. The van der Waals surface area contributed by atoms with Crippen LogP contribution in [0.5, 0.6) is 0 Å². The van der Waals surface area contributed by atoms with Crippen LogP contribution in [0.4, 0.5) is 5.95 Å². The number of rotatable bonds is 2. The van der Waals surface area contributed by atoms with Crippen molar-refractivity contribution in [2.75, 3.05) is 11.9 Å². The van der Waals surface area contributed by atoms with Crippen LogP contribution in [-0.4, -0.2) is 28.7 Å². The molecule has 0 aromatic carbocycles. The number of anilines is 1. The van der Waals surface area contributed by atoms with Gasteiger partial charge in [-0.05, 0) is 13.3 Å². The van der Waals surface area contributed by atoms with Crippen molar-refractivity contribution in [2.24, 2.45) is 0 Å². The molecule has 1 aliphatic heterocycles. The lowest BCUT2D eigenvalue weighted by molar-refractivity contribution is 0.121. The molecular weight excluding hydrogens is 154 g/mol. The Bertz CT molecular complexity index is 234. The Morgan fingerprint density at radius 2 is 2.67 bits per heavy atom. The maximum absolute atomic E-state index is 5.41. The van der Waals surface area contributed by atoms with Crippen LogP contribution in [0.2, 0.25) is 0 Å². The van der Waals surface area contributed by atoms with Crippen LogP contribution >= 0.6 is 0 Å². The maximum Gasteiger partial charge on any atom is 0.200 e. The molecule has 0 amide bonds. The fourth-order valence-electron chi connectivity index (χ4n) is 1.44. The van der Waals surface area contributed by atoms with Gasteiger partial charge in [0.05, 0.1) is 12.1 Å². The van der Waals surface area contributed by atoms with Crippen molar-refractivity contribution in [3.63, 3.8) is 0 Å². The normalized spacial score (nSPS) is 29.1. The summed E-state index contributed by atoms with van der Waals surface area (Å²) in [6, 6.07) is 0.399. The van der Waals surface area contributed by atoms with Crippen LogP contribution in [0.1, 0.15) is 13.3 Å². The molecule has 0 bridgehead atoms. The van der Waals surface area contributed by atoms with E-state index in [4.69, 9.17) is 4.74 Å². The Kier molecular flexibility index (Phi) is 1.99. The molecule has 2 unspecified atom stereocenters. The van der Waals surface area contributed by atoms with Gasteiger partial charge in [0.2, 0.25) is 0 Å². The third-order valence-electron chi connectivity index (χ3n) is 2.20. The monoisotopic (exact) mass is 167 g/mol. The minimum Gasteiger partial charge on any atom is -0.376 e. The van der Waals surface area contributed by atoms with Gasteiger partial charge in [0, 0.05) is 19.0 Å². The first-order chi connectivity index (χ1) is 5.86. The summed E-state index contributed by atoms with van der Waals surface area (Å²) in [6.45, 7) is 2.92. The molecule has 0 spiro atoms. The van der Waals surface area contributed by atoms with E-state index in [-0.39, 0.29) is 6.10 Å². The number of ether oxygens (including phenoxy) is 1. The SMILES string of the molecule is CC1OCCC1Nc1ncc[nH]1. The zero-order chi connectivity index (χ0) is 8.39. The number of aromatic amines is 1. The molecule has 1 aromatic heterocycles. The van der Waals surface area contributed by atoms with Gasteiger partial charge in [0.25, 0.3) is 0 Å². The molecular formula is C8H13N3O. The highest BCUT2D eigenvalue weighted by molar-refractivity contribution is 5.25. The molecule has 0 saturated carbocycles. The van der Waals surface area contributed by atoms with Crippen LogP contribution in [0.15, 0.2) is 12.4 Å². The smallest absolute Gasteiger partial charge is 0.200 e.